The molecular formula is C10H20BrNO. The van der Waals surface area contributed by atoms with E-state index >= 15 is 0 Å². The molecule has 0 aromatic rings. The highest BCUT2D eigenvalue weighted by molar-refractivity contribution is 9.09. The Labute approximate surface area is 89.6 Å². The number of halogens is 1. The molecule has 0 spiro atoms. The van der Waals surface area contributed by atoms with Gasteiger partial charge in [0.15, 0.2) is 0 Å². The first-order valence-electron chi connectivity index (χ1n) is 4.95. The molecule has 1 atom stereocenters. The van der Waals surface area contributed by atoms with E-state index in [1.807, 2.05) is 6.92 Å². The fraction of sp³-hybridized carbons (Fsp3) is 0.900. The van der Waals surface area contributed by atoms with Crippen LogP contribution < -0.4 is 5.32 Å². The molecule has 0 aromatic heterocycles. The molecule has 2 nitrogen and oxygen atoms in total. The number of hydrogen-bond acceptors (Lipinski definition) is 1. The fourth-order valence-corrected chi connectivity index (χ4v) is 2.04. The smallest absolute Gasteiger partial charge is 0.220 e. The maximum Gasteiger partial charge on any atom is 0.220 e. The molecule has 0 heterocycles. The molecule has 0 radical (unpaired) electrons. The Morgan fingerprint density at radius 1 is 1.46 bits per heavy atom. The monoisotopic (exact) mass is 249 g/mol. The van der Waals surface area contributed by atoms with Crippen molar-refractivity contribution in [1.29, 1.82) is 0 Å². The highest BCUT2D eigenvalue weighted by atomic mass is 79.9. The molecule has 13 heavy (non-hydrogen) atoms. The normalized spacial score (nSPS) is 15.1. The van der Waals surface area contributed by atoms with Crippen LogP contribution in [0.25, 0.3) is 0 Å². The van der Waals surface area contributed by atoms with Crippen molar-refractivity contribution in [1.82, 2.24) is 5.32 Å². The minimum Gasteiger partial charge on any atom is -0.351 e. The molecule has 0 rings (SSSR count). The van der Waals surface area contributed by atoms with Crippen LogP contribution in [0.15, 0.2) is 0 Å². The van der Waals surface area contributed by atoms with Crippen LogP contribution in [-0.4, -0.2) is 16.8 Å². The summed E-state index contributed by atoms with van der Waals surface area (Å²) < 4.78 is 0. The first-order valence-corrected chi connectivity index (χ1v) is 6.07. The lowest BCUT2D eigenvalue weighted by molar-refractivity contribution is -0.122. The van der Waals surface area contributed by atoms with Crippen LogP contribution in [0.4, 0.5) is 0 Å². The minimum atomic E-state index is -0.0320. The lowest BCUT2D eigenvalue weighted by Crippen LogP contribution is -2.45. The predicted octanol–water partition coefficient (Wildman–Crippen LogP) is 2.86. The molecule has 0 saturated heterocycles. The van der Waals surface area contributed by atoms with Crippen molar-refractivity contribution in [3.63, 3.8) is 0 Å². The third kappa shape index (κ3) is 5.29. The number of carbonyl (C=O) groups excluding carboxylic acids is 1. The van der Waals surface area contributed by atoms with Gasteiger partial charge < -0.3 is 5.32 Å². The zero-order chi connectivity index (χ0) is 10.3. The lowest BCUT2D eigenvalue weighted by atomic mass is 9.95. The summed E-state index contributed by atoms with van der Waals surface area (Å²) in [6.45, 7) is 6.23. The van der Waals surface area contributed by atoms with Gasteiger partial charge in [0.05, 0.1) is 0 Å². The Balaban J connectivity index is 4.02. The summed E-state index contributed by atoms with van der Waals surface area (Å²) in [6.07, 6.45) is 3.52. The molecule has 1 amide bonds. The van der Waals surface area contributed by atoms with Crippen molar-refractivity contribution >= 4 is 21.8 Å². The summed E-state index contributed by atoms with van der Waals surface area (Å²) in [6, 6.07) is 0. The summed E-state index contributed by atoms with van der Waals surface area (Å²) in [5.74, 6) is 0.174. The molecule has 1 unspecified atom stereocenters. The van der Waals surface area contributed by atoms with Crippen molar-refractivity contribution in [3.8, 4) is 0 Å². The third-order valence-electron chi connectivity index (χ3n) is 2.34. The van der Waals surface area contributed by atoms with Gasteiger partial charge in [-0.15, -0.1) is 0 Å². The summed E-state index contributed by atoms with van der Waals surface area (Å²) in [7, 11) is 0. The number of carbonyl (C=O) groups is 1. The Kier molecular flexibility index (Phi) is 6.39. The average Bonchev–Trinajstić information content (AvgIpc) is 2.05. The van der Waals surface area contributed by atoms with Crippen LogP contribution in [0.2, 0.25) is 0 Å². The van der Waals surface area contributed by atoms with Gasteiger partial charge in [0.25, 0.3) is 0 Å². The maximum atomic E-state index is 11.4. The fourth-order valence-electron chi connectivity index (χ4n) is 1.16. The topological polar surface area (TPSA) is 29.1 Å². The minimum absolute atomic E-state index is 0.0320. The van der Waals surface area contributed by atoms with E-state index in [9.17, 15) is 4.79 Å². The van der Waals surface area contributed by atoms with Gasteiger partial charge in [-0.2, -0.15) is 0 Å². The number of hydrogen-bond donors (Lipinski definition) is 1. The first kappa shape index (κ1) is 12.9. The second-order valence-corrected chi connectivity index (χ2v) is 4.44. The molecule has 0 fully saturated rings. The van der Waals surface area contributed by atoms with Gasteiger partial charge in [-0.25, -0.2) is 0 Å². The zero-order valence-electron chi connectivity index (χ0n) is 8.82. The molecule has 0 aliphatic rings. The van der Waals surface area contributed by atoms with E-state index in [0.29, 0.717) is 6.42 Å². The van der Waals surface area contributed by atoms with Crippen molar-refractivity contribution in [2.45, 2.75) is 52.0 Å². The van der Waals surface area contributed by atoms with Gasteiger partial charge in [0, 0.05) is 17.3 Å². The van der Waals surface area contributed by atoms with E-state index in [1.54, 1.807) is 0 Å². The second kappa shape index (κ2) is 6.41. The molecule has 0 bridgehead atoms. The Morgan fingerprint density at radius 3 is 2.46 bits per heavy atom. The summed E-state index contributed by atoms with van der Waals surface area (Å²) in [4.78, 5) is 11.4. The molecule has 1 N–H and O–H groups in total. The molecule has 0 aliphatic heterocycles. The SMILES string of the molecule is CCCC(=O)NC(C)(CC)CCBr. The Bertz CT molecular complexity index is 161. The van der Waals surface area contributed by atoms with Crippen molar-refractivity contribution < 1.29 is 4.79 Å². The van der Waals surface area contributed by atoms with E-state index in [0.717, 1.165) is 24.6 Å². The van der Waals surface area contributed by atoms with Crippen molar-refractivity contribution in [2.24, 2.45) is 0 Å². The van der Waals surface area contributed by atoms with E-state index in [4.69, 9.17) is 0 Å². The highest BCUT2D eigenvalue weighted by Crippen LogP contribution is 2.15. The Morgan fingerprint density at radius 2 is 2.08 bits per heavy atom. The zero-order valence-corrected chi connectivity index (χ0v) is 10.4. The van der Waals surface area contributed by atoms with Gasteiger partial charge in [0.1, 0.15) is 0 Å². The number of nitrogens with one attached hydrogen (secondary N) is 1. The van der Waals surface area contributed by atoms with Crippen molar-refractivity contribution in [2.75, 3.05) is 5.33 Å². The first-order chi connectivity index (χ1) is 6.08. The molecule has 3 heteroatoms. The predicted molar refractivity (Wildman–Crippen MR) is 60.2 cm³/mol. The maximum absolute atomic E-state index is 11.4. The van der Waals surface area contributed by atoms with E-state index in [1.165, 1.54) is 0 Å². The molecule has 0 aromatic carbocycles. The third-order valence-corrected chi connectivity index (χ3v) is 2.74. The number of rotatable bonds is 6. The van der Waals surface area contributed by atoms with Gasteiger partial charge in [-0.1, -0.05) is 29.8 Å². The average molecular weight is 250 g/mol. The molecular weight excluding hydrogens is 230 g/mol. The van der Waals surface area contributed by atoms with Crippen LogP contribution >= 0.6 is 15.9 Å². The summed E-state index contributed by atoms with van der Waals surface area (Å²) in [5, 5.41) is 4.01. The largest absolute Gasteiger partial charge is 0.351 e. The van der Waals surface area contributed by atoms with Crippen LogP contribution in [0.3, 0.4) is 0 Å². The molecule has 0 aliphatic carbocycles. The van der Waals surface area contributed by atoms with E-state index < -0.39 is 0 Å². The summed E-state index contributed by atoms with van der Waals surface area (Å²) >= 11 is 3.40. The van der Waals surface area contributed by atoms with Crippen LogP contribution in [0.5, 0.6) is 0 Å². The van der Waals surface area contributed by atoms with Crippen LogP contribution in [0.1, 0.15) is 46.5 Å². The van der Waals surface area contributed by atoms with Crippen LogP contribution in [0, 0.1) is 0 Å². The number of alkyl halides is 1. The standard InChI is InChI=1S/C10H20BrNO/c1-4-6-9(13)12-10(3,5-2)7-8-11/h4-8H2,1-3H3,(H,12,13). The molecule has 78 valence electrons. The second-order valence-electron chi connectivity index (χ2n) is 3.65. The quantitative estimate of drug-likeness (QED) is 0.721. The van der Waals surface area contributed by atoms with E-state index in [-0.39, 0.29) is 11.4 Å². The number of amides is 1. The van der Waals surface area contributed by atoms with Gasteiger partial charge >= 0.3 is 0 Å². The highest BCUT2D eigenvalue weighted by Gasteiger charge is 2.22. The van der Waals surface area contributed by atoms with Gasteiger partial charge in [-0.3, -0.25) is 4.79 Å². The summed E-state index contributed by atoms with van der Waals surface area (Å²) in [5.41, 5.74) is -0.0320. The van der Waals surface area contributed by atoms with Crippen molar-refractivity contribution in [3.05, 3.63) is 0 Å². The Hall–Kier alpha value is -0.0500. The van der Waals surface area contributed by atoms with Gasteiger partial charge in [0.2, 0.25) is 5.91 Å². The molecule has 0 saturated carbocycles. The van der Waals surface area contributed by atoms with Crippen LogP contribution in [-0.2, 0) is 4.79 Å². The van der Waals surface area contributed by atoms with E-state index in [2.05, 4.69) is 35.1 Å². The lowest BCUT2D eigenvalue weighted by Gasteiger charge is -2.29. The van der Waals surface area contributed by atoms with Gasteiger partial charge in [-0.05, 0) is 26.2 Å².